The maximum Gasteiger partial charge on any atom is 0.385 e. The van der Waals surface area contributed by atoms with Crippen molar-refractivity contribution in [2.24, 2.45) is 0 Å². The molecule has 0 aliphatic rings. The third kappa shape index (κ3) is 3.25. The number of halogens is 3. The van der Waals surface area contributed by atoms with Crippen LogP contribution < -0.4 is 0 Å². The highest BCUT2D eigenvalue weighted by molar-refractivity contribution is 6.16. The zero-order valence-electron chi connectivity index (χ0n) is 5.64. The molecule has 0 atom stereocenters. The first-order valence-corrected chi connectivity index (χ1v) is 2.88. The van der Waals surface area contributed by atoms with Crippen LogP contribution in [-0.2, 0) is 13.9 Å². The highest BCUT2D eigenvalue weighted by atomic mass is 35.5. The molecule has 0 fully saturated rings. The Bertz CT molecular complexity index is 260. The van der Waals surface area contributed by atoms with Crippen LogP contribution in [0.25, 0.3) is 0 Å². The van der Waals surface area contributed by atoms with E-state index < -0.39 is 23.4 Å². The van der Waals surface area contributed by atoms with Crippen molar-refractivity contribution < 1.29 is 22.7 Å². The molecule has 12 heavy (non-hydrogen) atoms. The van der Waals surface area contributed by atoms with Crippen LogP contribution in [-0.4, -0.2) is 11.8 Å². The van der Waals surface area contributed by atoms with Gasteiger partial charge in [-0.15, -0.1) is 0 Å². The smallest absolute Gasteiger partial charge is 0.341 e. The molecule has 3 nitrogen and oxygen atoms in total. The first-order chi connectivity index (χ1) is 5.49. The van der Waals surface area contributed by atoms with E-state index in [4.69, 9.17) is 0 Å². The maximum absolute atomic E-state index is 12.3. The fourth-order valence-corrected chi connectivity index (χ4v) is 0.363. The molecule has 0 heterocycles. The molecule has 0 N–H and O–H groups in total. The fourth-order valence-electron chi connectivity index (χ4n) is 0.289. The molecule has 66 valence electrons. The molecule has 0 bridgehead atoms. The first kappa shape index (κ1) is 10.8. The Kier molecular flexibility index (Phi) is 4.14. The Balaban J connectivity index is 4.46. The Morgan fingerprint density at radius 1 is 1.42 bits per heavy atom. The molecule has 0 radical (unpaired) electrons. The first-order valence-electron chi connectivity index (χ1n) is 2.58. The van der Waals surface area contributed by atoms with Crippen molar-refractivity contribution in [1.29, 1.82) is 0 Å². The van der Waals surface area contributed by atoms with Gasteiger partial charge in [0.25, 0.3) is 0 Å². The number of hydrogen-bond donors (Lipinski definition) is 0. The molecule has 0 saturated carbocycles. The Hall–Kier alpha value is -1.23. The lowest BCUT2D eigenvalue weighted by atomic mass is 10.3. The summed E-state index contributed by atoms with van der Waals surface area (Å²) in [5, 5.41) is 0. The Labute approximate surface area is 71.4 Å². The van der Waals surface area contributed by atoms with Gasteiger partial charge in [0, 0.05) is 6.08 Å². The van der Waals surface area contributed by atoms with Gasteiger partial charge in [0.15, 0.2) is 5.83 Å². The molecule has 6 heteroatoms. The number of rotatable bonds is 3. The quantitative estimate of drug-likeness (QED) is 0.644. The zero-order valence-corrected chi connectivity index (χ0v) is 6.40. The third-order valence-corrected chi connectivity index (χ3v) is 0.930. The summed E-state index contributed by atoms with van der Waals surface area (Å²) >= 11 is 4.45. The lowest BCUT2D eigenvalue weighted by molar-refractivity contribution is -0.131. The predicted octanol–water partition coefficient (Wildman–Crippen LogP) is 1.59. The average molecular weight is 197 g/mol. The molecule has 0 aromatic carbocycles. The van der Waals surface area contributed by atoms with E-state index in [1.807, 2.05) is 0 Å². The molecule has 0 aliphatic carbocycles. The number of carbonyl (C=O) groups excluding carboxylic acids is 2. The normalized spacial score (nSPS) is 10.8. The summed E-state index contributed by atoms with van der Waals surface area (Å²) in [6, 6.07) is 0. The molecule has 0 spiro atoms. The van der Waals surface area contributed by atoms with Gasteiger partial charge in [0.2, 0.25) is 11.6 Å². The van der Waals surface area contributed by atoms with Gasteiger partial charge in [0.05, 0.1) is 0 Å². The van der Waals surface area contributed by atoms with Crippen molar-refractivity contribution in [1.82, 2.24) is 0 Å². The van der Waals surface area contributed by atoms with E-state index in [0.717, 1.165) is 0 Å². The van der Waals surface area contributed by atoms with Gasteiger partial charge in [-0.3, -0.25) is 4.79 Å². The van der Waals surface area contributed by atoms with E-state index in [2.05, 4.69) is 22.7 Å². The summed E-state index contributed by atoms with van der Waals surface area (Å²) in [7, 11) is 0. The van der Waals surface area contributed by atoms with Crippen LogP contribution in [0.3, 0.4) is 0 Å². The minimum absolute atomic E-state index is 0.0903. The van der Waals surface area contributed by atoms with Crippen LogP contribution in [0.2, 0.25) is 0 Å². The van der Waals surface area contributed by atoms with Crippen LogP contribution in [0.1, 0.15) is 0 Å². The second-order valence-corrected chi connectivity index (χ2v) is 1.78. The van der Waals surface area contributed by atoms with E-state index in [9.17, 15) is 18.4 Å². The SMILES string of the molecule is C=C(F)C(=O)/C=C(\F)C(=O)OCl. The maximum atomic E-state index is 12.3. The number of hydrogen-bond acceptors (Lipinski definition) is 3. The van der Waals surface area contributed by atoms with Crippen LogP contribution in [0.15, 0.2) is 24.3 Å². The molecule has 0 aromatic rings. The lowest BCUT2D eigenvalue weighted by Crippen LogP contribution is -2.01. The van der Waals surface area contributed by atoms with E-state index in [1.54, 1.807) is 0 Å². The standard InChI is InChI=1S/C6H3ClF2O3/c1-3(8)5(10)2-4(9)6(11)12-7/h2H,1H2/b4-2-. The number of ketones is 1. The molecule has 0 unspecified atom stereocenters. The van der Waals surface area contributed by atoms with Crippen molar-refractivity contribution in [3.8, 4) is 0 Å². The van der Waals surface area contributed by atoms with Crippen molar-refractivity contribution in [3.05, 3.63) is 24.3 Å². The average Bonchev–Trinajstić information content (AvgIpc) is 2.02. The lowest BCUT2D eigenvalue weighted by Gasteiger charge is -1.90. The predicted molar refractivity (Wildman–Crippen MR) is 36.4 cm³/mol. The van der Waals surface area contributed by atoms with Gasteiger partial charge in [-0.2, -0.15) is 4.39 Å². The minimum atomic E-state index is -1.59. The minimum Gasteiger partial charge on any atom is -0.341 e. The van der Waals surface area contributed by atoms with Gasteiger partial charge in [0.1, 0.15) is 11.9 Å². The Morgan fingerprint density at radius 2 is 1.92 bits per heavy atom. The fraction of sp³-hybridized carbons (Fsp3) is 0. The van der Waals surface area contributed by atoms with Crippen molar-refractivity contribution in [3.63, 3.8) is 0 Å². The second-order valence-electron chi connectivity index (χ2n) is 1.63. The van der Waals surface area contributed by atoms with Crippen LogP contribution in [0.4, 0.5) is 8.78 Å². The zero-order chi connectivity index (χ0) is 9.72. The van der Waals surface area contributed by atoms with Gasteiger partial charge in [-0.25, -0.2) is 9.18 Å². The molecule has 0 amide bonds. The number of allylic oxidation sites excluding steroid dienone is 2. The van der Waals surface area contributed by atoms with Crippen molar-refractivity contribution in [2.45, 2.75) is 0 Å². The second kappa shape index (κ2) is 4.61. The summed E-state index contributed by atoms with van der Waals surface area (Å²) < 4.78 is 27.5. The van der Waals surface area contributed by atoms with Crippen LogP contribution in [0.5, 0.6) is 0 Å². The van der Waals surface area contributed by atoms with Crippen LogP contribution in [0, 0.1) is 0 Å². The summed E-state index contributed by atoms with van der Waals surface area (Å²) in [4.78, 5) is 20.5. The van der Waals surface area contributed by atoms with Crippen molar-refractivity contribution >= 4 is 23.6 Å². The molecular weight excluding hydrogens is 194 g/mol. The summed E-state index contributed by atoms with van der Waals surface area (Å²) in [6.45, 7) is 2.58. The van der Waals surface area contributed by atoms with Gasteiger partial charge in [-0.05, 0) is 0 Å². The van der Waals surface area contributed by atoms with Gasteiger partial charge < -0.3 is 4.29 Å². The molecule has 0 aliphatic heterocycles. The highest BCUT2D eigenvalue weighted by Gasteiger charge is 2.13. The molecule has 0 saturated heterocycles. The van der Waals surface area contributed by atoms with Gasteiger partial charge >= 0.3 is 5.97 Å². The summed E-state index contributed by atoms with van der Waals surface area (Å²) in [5.41, 5.74) is 0. The van der Waals surface area contributed by atoms with Crippen LogP contribution >= 0.6 is 11.9 Å². The van der Waals surface area contributed by atoms with Crippen molar-refractivity contribution in [2.75, 3.05) is 0 Å². The third-order valence-electron chi connectivity index (χ3n) is 0.790. The summed E-state index contributed by atoms with van der Waals surface area (Å²) in [5.74, 6) is -5.89. The monoisotopic (exact) mass is 196 g/mol. The molecular formula is C6H3ClF2O3. The van der Waals surface area contributed by atoms with E-state index >= 15 is 0 Å². The molecule has 0 rings (SSSR count). The largest absolute Gasteiger partial charge is 0.385 e. The van der Waals surface area contributed by atoms with E-state index in [0.29, 0.717) is 0 Å². The number of carbonyl (C=O) groups is 2. The molecule has 0 aromatic heterocycles. The summed E-state index contributed by atoms with van der Waals surface area (Å²) in [6.07, 6.45) is 0.0903. The highest BCUT2D eigenvalue weighted by Crippen LogP contribution is 2.04. The Morgan fingerprint density at radius 3 is 2.25 bits per heavy atom. The van der Waals surface area contributed by atoms with E-state index in [1.165, 1.54) is 0 Å². The van der Waals surface area contributed by atoms with E-state index in [-0.39, 0.29) is 6.08 Å². The van der Waals surface area contributed by atoms with Gasteiger partial charge in [-0.1, -0.05) is 6.58 Å². The topological polar surface area (TPSA) is 43.4 Å².